The van der Waals surface area contributed by atoms with E-state index < -0.39 is 11.8 Å². The number of para-hydroxylation sites is 1. The van der Waals surface area contributed by atoms with Gasteiger partial charge in [0, 0.05) is 30.3 Å². The maximum Gasteiger partial charge on any atom is 0.379 e. The van der Waals surface area contributed by atoms with Crippen molar-refractivity contribution in [1.29, 1.82) is 0 Å². The van der Waals surface area contributed by atoms with Gasteiger partial charge in [-0.2, -0.15) is 0 Å². The van der Waals surface area contributed by atoms with Crippen molar-refractivity contribution in [2.24, 2.45) is 0 Å². The molecule has 0 fully saturated rings. The summed E-state index contributed by atoms with van der Waals surface area (Å²) in [5, 5.41) is 9.57. The number of fused-ring (bicyclic) bond motifs is 1. The molecule has 1 aromatic heterocycles. The average molecular weight is 275 g/mol. The number of rotatable bonds is 6. The Bertz CT molecular complexity index is 630. The van der Waals surface area contributed by atoms with Crippen LogP contribution in [0.25, 0.3) is 10.9 Å². The van der Waals surface area contributed by atoms with Gasteiger partial charge in [0.15, 0.2) is 0 Å². The fourth-order valence-electron chi connectivity index (χ4n) is 2.21. The van der Waals surface area contributed by atoms with Crippen LogP contribution in [0.15, 0.2) is 30.5 Å². The standard InChI is InChI=1S/C15H17NO4/c1-20-15(19)14(18)12-10-16(8-4-5-9-17)13-7-3-2-6-11(12)13/h2-3,6-7,10,17H,4-5,8-9H2,1H3. The Morgan fingerprint density at radius 2 is 2.00 bits per heavy atom. The highest BCUT2D eigenvalue weighted by Gasteiger charge is 2.21. The minimum atomic E-state index is -0.858. The molecule has 2 aromatic rings. The van der Waals surface area contributed by atoms with Crippen molar-refractivity contribution in [2.45, 2.75) is 19.4 Å². The molecule has 0 aliphatic rings. The largest absolute Gasteiger partial charge is 0.463 e. The zero-order valence-corrected chi connectivity index (χ0v) is 11.3. The minimum absolute atomic E-state index is 0.146. The average Bonchev–Trinajstić information content (AvgIpc) is 2.85. The van der Waals surface area contributed by atoms with Crippen LogP contribution in [0, 0.1) is 0 Å². The molecule has 0 aliphatic heterocycles. The Morgan fingerprint density at radius 1 is 1.25 bits per heavy atom. The highest BCUT2D eigenvalue weighted by atomic mass is 16.5. The number of esters is 1. The first kappa shape index (κ1) is 14.3. The summed E-state index contributed by atoms with van der Waals surface area (Å²) in [5.74, 6) is -1.49. The van der Waals surface area contributed by atoms with Crippen LogP contribution >= 0.6 is 0 Å². The first-order chi connectivity index (χ1) is 9.69. The molecule has 1 N–H and O–H groups in total. The topological polar surface area (TPSA) is 68.5 Å². The lowest BCUT2D eigenvalue weighted by molar-refractivity contribution is -0.135. The van der Waals surface area contributed by atoms with Gasteiger partial charge in [0.2, 0.25) is 0 Å². The van der Waals surface area contributed by atoms with Gasteiger partial charge in [0.05, 0.1) is 12.7 Å². The van der Waals surface area contributed by atoms with Gasteiger partial charge in [0.1, 0.15) is 0 Å². The number of ketones is 1. The van der Waals surface area contributed by atoms with Gasteiger partial charge in [-0.25, -0.2) is 4.79 Å². The second kappa shape index (κ2) is 6.34. The smallest absolute Gasteiger partial charge is 0.379 e. The molecule has 106 valence electrons. The minimum Gasteiger partial charge on any atom is -0.463 e. The highest BCUT2D eigenvalue weighted by Crippen LogP contribution is 2.22. The molecule has 5 nitrogen and oxygen atoms in total. The van der Waals surface area contributed by atoms with Gasteiger partial charge < -0.3 is 14.4 Å². The van der Waals surface area contributed by atoms with Crippen LogP contribution in [0.2, 0.25) is 0 Å². The van der Waals surface area contributed by atoms with E-state index in [9.17, 15) is 9.59 Å². The lowest BCUT2D eigenvalue weighted by Gasteiger charge is -2.03. The van der Waals surface area contributed by atoms with Crippen molar-refractivity contribution in [1.82, 2.24) is 4.57 Å². The van der Waals surface area contributed by atoms with Crippen molar-refractivity contribution in [3.8, 4) is 0 Å². The zero-order chi connectivity index (χ0) is 14.5. The lowest BCUT2D eigenvalue weighted by Crippen LogP contribution is -2.15. The van der Waals surface area contributed by atoms with E-state index in [0.717, 1.165) is 17.3 Å². The first-order valence-electron chi connectivity index (χ1n) is 6.50. The van der Waals surface area contributed by atoms with E-state index >= 15 is 0 Å². The molecule has 1 aromatic carbocycles. The SMILES string of the molecule is COC(=O)C(=O)c1cn(CCCCO)c2ccccc12. The lowest BCUT2D eigenvalue weighted by atomic mass is 10.1. The van der Waals surface area contributed by atoms with E-state index in [4.69, 9.17) is 5.11 Å². The Morgan fingerprint density at radius 3 is 2.70 bits per heavy atom. The fourth-order valence-corrected chi connectivity index (χ4v) is 2.21. The molecular weight excluding hydrogens is 258 g/mol. The number of benzene rings is 1. The number of methoxy groups -OCH3 is 1. The number of nitrogens with zero attached hydrogens (tertiary/aromatic N) is 1. The number of aromatic nitrogens is 1. The molecule has 0 unspecified atom stereocenters. The van der Waals surface area contributed by atoms with Gasteiger partial charge in [-0.05, 0) is 18.9 Å². The third-order valence-corrected chi connectivity index (χ3v) is 3.21. The summed E-state index contributed by atoms with van der Waals surface area (Å²) in [4.78, 5) is 23.4. The predicted octanol–water partition coefficient (Wildman–Crippen LogP) is 1.77. The molecule has 0 bridgehead atoms. The number of ether oxygens (including phenoxy) is 1. The molecule has 0 saturated carbocycles. The molecule has 0 aliphatic carbocycles. The van der Waals surface area contributed by atoms with Gasteiger partial charge in [-0.3, -0.25) is 4.79 Å². The summed E-state index contributed by atoms with van der Waals surface area (Å²) >= 11 is 0. The quantitative estimate of drug-likeness (QED) is 0.377. The van der Waals surface area contributed by atoms with Crippen LogP contribution in [0.3, 0.4) is 0 Å². The van der Waals surface area contributed by atoms with E-state index in [1.54, 1.807) is 6.20 Å². The number of aliphatic hydroxyl groups is 1. The molecule has 0 atom stereocenters. The van der Waals surface area contributed by atoms with Crippen molar-refractivity contribution in [3.63, 3.8) is 0 Å². The van der Waals surface area contributed by atoms with Gasteiger partial charge >= 0.3 is 5.97 Å². The monoisotopic (exact) mass is 275 g/mol. The second-order valence-corrected chi connectivity index (χ2v) is 4.50. The Kier molecular flexibility index (Phi) is 4.53. The Balaban J connectivity index is 2.40. The molecule has 0 spiro atoms. The second-order valence-electron chi connectivity index (χ2n) is 4.50. The number of aryl methyl sites for hydroxylation is 1. The third kappa shape index (κ3) is 2.72. The van der Waals surface area contributed by atoms with Crippen LogP contribution < -0.4 is 0 Å². The summed E-state index contributed by atoms with van der Waals surface area (Å²) in [5.41, 5.74) is 1.26. The maximum absolute atomic E-state index is 12.0. The van der Waals surface area contributed by atoms with Crippen LogP contribution in [0.1, 0.15) is 23.2 Å². The van der Waals surface area contributed by atoms with Gasteiger partial charge in [-0.1, -0.05) is 18.2 Å². The summed E-state index contributed by atoms with van der Waals surface area (Å²) in [6.07, 6.45) is 3.19. The van der Waals surface area contributed by atoms with Gasteiger partial charge in [-0.15, -0.1) is 0 Å². The number of Topliss-reactive ketones (excluding diaryl/α,β-unsaturated/α-hetero) is 1. The predicted molar refractivity (Wildman–Crippen MR) is 74.6 cm³/mol. The Hall–Kier alpha value is -2.14. The zero-order valence-electron chi connectivity index (χ0n) is 11.3. The molecule has 2 rings (SSSR count). The number of aliphatic hydroxyl groups excluding tert-OH is 1. The van der Waals surface area contributed by atoms with Crippen LogP contribution in [0.4, 0.5) is 0 Å². The normalized spacial score (nSPS) is 10.7. The van der Waals surface area contributed by atoms with Crippen molar-refractivity contribution in [2.75, 3.05) is 13.7 Å². The number of hydrogen-bond acceptors (Lipinski definition) is 4. The molecule has 20 heavy (non-hydrogen) atoms. The van der Waals surface area contributed by atoms with E-state index in [1.807, 2.05) is 28.8 Å². The third-order valence-electron chi connectivity index (χ3n) is 3.21. The maximum atomic E-state index is 12.0. The summed E-state index contributed by atoms with van der Waals surface area (Å²) in [6, 6.07) is 7.43. The summed E-state index contributed by atoms with van der Waals surface area (Å²) in [6.45, 7) is 0.836. The van der Waals surface area contributed by atoms with E-state index in [2.05, 4.69) is 4.74 Å². The molecule has 5 heteroatoms. The number of unbranched alkanes of at least 4 members (excludes halogenated alkanes) is 1. The van der Waals surface area contributed by atoms with Crippen molar-refractivity contribution >= 4 is 22.7 Å². The van der Waals surface area contributed by atoms with Crippen molar-refractivity contribution in [3.05, 3.63) is 36.0 Å². The summed E-state index contributed by atoms with van der Waals surface area (Å²) in [7, 11) is 1.20. The Labute approximate surface area is 116 Å². The van der Waals surface area contributed by atoms with E-state index in [0.29, 0.717) is 18.5 Å². The number of hydrogen-bond donors (Lipinski definition) is 1. The van der Waals surface area contributed by atoms with Crippen LogP contribution in [0.5, 0.6) is 0 Å². The fraction of sp³-hybridized carbons (Fsp3) is 0.333. The first-order valence-corrected chi connectivity index (χ1v) is 6.50. The molecule has 0 saturated heterocycles. The van der Waals surface area contributed by atoms with Crippen molar-refractivity contribution < 1.29 is 19.4 Å². The molecule has 0 radical (unpaired) electrons. The summed E-state index contributed by atoms with van der Waals surface area (Å²) < 4.78 is 6.42. The molecular formula is C15H17NO4. The number of carbonyl (C=O) groups excluding carboxylic acids is 2. The highest BCUT2D eigenvalue weighted by molar-refractivity contribution is 6.42. The van der Waals surface area contributed by atoms with Crippen LogP contribution in [-0.2, 0) is 16.1 Å². The molecule has 1 heterocycles. The van der Waals surface area contributed by atoms with Gasteiger partial charge in [0.25, 0.3) is 5.78 Å². The van der Waals surface area contributed by atoms with E-state index in [1.165, 1.54) is 7.11 Å². The molecule has 0 amide bonds. The van der Waals surface area contributed by atoms with Crippen LogP contribution in [-0.4, -0.2) is 35.1 Å². The van der Waals surface area contributed by atoms with E-state index in [-0.39, 0.29) is 6.61 Å². The number of carbonyl (C=O) groups is 2.